The summed E-state index contributed by atoms with van der Waals surface area (Å²) in [7, 11) is 1.94. The van der Waals surface area contributed by atoms with E-state index in [1.165, 1.54) is 0 Å². The van der Waals surface area contributed by atoms with Crippen LogP contribution >= 0.6 is 27.5 Å². The number of nitrogens with zero attached hydrogens (tertiary/aromatic N) is 2. The third-order valence-corrected chi connectivity index (χ3v) is 2.81. The van der Waals surface area contributed by atoms with E-state index in [4.69, 9.17) is 11.6 Å². The van der Waals surface area contributed by atoms with Crippen molar-refractivity contribution in [1.82, 2.24) is 9.78 Å². The third kappa shape index (κ3) is 1.46. The molecule has 1 aromatic heterocycles. The summed E-state index contributed by atoms with van der Waals surface area (Å²) in [5, 5.41) is 7.02. The minimum absolute atomic E-state index is 0.753. The fourth-order valence-electron chi connectivity index (χ4n) is 1.38. The molecule has 0 aliphatic carbocycles. The zero-order chi connectivity index (χ0) is 9.42. The number of aromatic nitrogens is 2. The van der Waals surface area contributed by atoms with Crippen molar-refractivity contribution in [1.29, 1.82) is 0 Å². The third-order valence-electron chi connectivity index (χ3n) is 2.04. The molecule has 2 aromatic rings. The number of aryl methyl sites for hydroxylation is 1. The number of fused-ring (bicyclic) bond motifs is 1. The van der Waals surface area contributed by atoms with Crippen LogP contribution in [0.1, 0.15) is 5.69 Å². The maximum absolute atomic E-state index is 5.90. The lowest BCUT2D eigenvalue weighted by Gasteiger charge is -1.95. The van der Waals surface area contributed by atoms with Gasteiger partial charge in [-0.3, -0.25) is 4.68 Å². The van der Waals surface area contributed by atoms with Crippen molar-refractivity contribution < 1.29 is 0 Å². The van der Waals surface area contributed by atoms with E-state index in [0.717, 1.165) is 26.9 Å². The fraction of sp³-hybridized carbons (Fsp3) is 0.222. The Morgan fingerprint density at radius 2 is 2.31 bits per heavy atom. The van der Waals surface area contributed by atoms with Crippen molar-refractivity contribution in [2.75, 3.05) is 0 Å². The zero-order valence-corrected chi connectivity index (χ0v) is 9.43. The zero-order valence-electron chi connectivity index (χ0n) is 7.09. The van der Waals surface area contributed by atoms with Gasteiger partial charge in [-0.2, -0.15) is 5.10 Å². The summed E-state index contributed by atoms with van der Waals surface area (Å²) in [5.74, 6) is 0. The molecule has 1 heterocycles. The molecule has 13 heavy (non-hydrogen) atoms. The van der Waals surface area contributed by atoms with Crippen LogP contribution in [-0.2, 0) is 12.4 Å². The smallest absolute Gasteiger partial charge is 0.0927 e. The number of benzene rings is 1. The molecule has 0 unspecified atom stereocenters. The van der Waals surface area contributed by atoms with Crippen LogP contribution in [0.25, 0.3) is 10.9 Å². The Morgan fingerprint density at radius 1 is 1.54 bits per heavy atom. The Labute approximate surface area is 89.6 Å². The van der Waals surface area contributed by atoms with Gasteiger partial charge in [-0.25, -0.2) is 0 Å². The topological polar surface area (TPSA) is 17.8 Å². The van der Waals surface area contributed by atoms with E-state index in [1.807, 2.05) is 29.9 Å². The Kier molecular flexibility index (Phi) is 2.30. The predicted molar refractivity (Wildman–Crippen MR) is 58.4 cm³/mol. The van der Waals surface area contributed by atoms with E-state index < -0.39 is 0 Å². The van der Waals surface area contributed by atoms with E-state index in [0.29, 0.717) is 0 Å². The second-order valence-electron chi connectivity index (χ2n) is 2.87. The van der Waals surface area contributed by atoms with Gasteiger partial charge < -0.3 is 0 Å². The fourth-order valence-corrected chi connectivity index (χ4v) is 2.22. The number of hydrogen-bond acceptors (Lipinski definition) is 1. The van der Waals surface area contributed by atoms with Gasteiger partial charge in [-0.15, -0.1) is 0 Å². The Balaban J connectivity index is 2.80. The molecular formula is C9H8BrClN2. The molecule has 0 aliphatic heterocycles. The van der Waals surface area contributed by atoms with E-state index in [9.17, 15) is 0 Å². The molecule has 0 N–H and O–H groups in total. The number of rotatable bonds is 1. The van der Waals surface area contributed by atoms with Gasteiger partial charge in [0.25, 0.3) is 0 Å². The van der Waals surface area contributed by atoms with Crippen LogP contribution < -0.4 is 0 Å². The van der Waals surface area contributed by atoms with E-state index in [1.54, 1.807) is 0 Å². The Hall–Kier alpha value is -0.540. The molecule has 0 saturated heterocycles. The van der Waals surface area contributed by atoms with Crippen LogP contribution in [0.4, 0.5) is 0 Å². The number of hydrogen-bond donors (Lipinski definition) is 0. The van der Waals surface area contributed by atoms with Crippen molar-refractivity contribution >= 4 is 38.4 Å². The summed E-state index contributed by atoms with van der Waals surface area (Å²) < 4.78 is 1.87. The first-order valence-corrected chi connectivity index (χ1v) is 5.39. The molecule has 0 bridgehead atoms. The first kappa shape index (κ1) is 9.03. The van der Waals surface area contributed by atoms with Gasteiger partial charge in [0, 0.05) is 22.8 Å². The molecule has 0 aliphatic rings. The van der Waals surface area contributed by atoms with Crippen molar-refractivity contribution in [2.45, 2.75) is 5.33 Å². The van der Waals surface area contributed by atoms with E-state index in [-0.39, 0.29) is 0 Å². The summed E-state index contributed by atoms with van der Waals surface area (Å²) in [6.45, 7) is 0. The SMILES string of the molecule is Cn1nc2ccc(Cl)cc2c1CBr. The average Bonchev–Trinajstić information content (AvgIpc) is 2.40. The highest BCUT2D eigenvalue weighted by atomic mass is 79.9. The highest BCUT2D eigenvalue weighted by Gasteiger charge is 2.07. The van der Waals surface area contributed by atoms with Crippen LogP contribution in [0.15, 0.2) is 18.2 Å². The molecule has 0 spiro atoms. The number of halogens is 2. The molecule has 2 nitrogen and oxygen atoms in total. The minimum Gasteiger partial charge on any atom is -0.271 e. The normalized spacial score (nSPS) is 11.0. The monoisotopic (exact) mass is 258 g/mol. The van der Waals surface area contributed by atoms with E-state index in [2.05, 4.69) is 21.0 Å². The minimum atomic E-state index is 0.753. The van der Waals surface area contributed by atoms with Gasteiger partial charge in [0.05, 0.1) is 11.2 Å². The second kappa shape index (κ2) is 3.31. The predicted octanol–water partition coefficient (Wildman–Crippen LogP) is 3.12. The van der Waals surface area contributed by atoms with Crippen LogP contribution in [0.3, 0.4) is 0 Å². The van der Waals surface area contributed by atoms with Gasteiger partial charge in [-0.05, 0) is 18.2 Å². The summed E-state index contributed by atoms with van der Waals surface area (Å²) in [6.07, 6.45) is 0. The van der Waals surface area contributed by atoms with Crippen molar-refractivity contribution in [3.8, 4) is 0 Å². The van der Waals surface area contributed by atoms with Gasteiger partial charge in [0.15, 0.2) is 0 Å². The van der Waals surface area contributed by atoms with Crippen LogP contribution in [0, 0.1) is 0 Å². The lowest BCUT2D eigenvalue weighted by molar-refractivity contribution is 0.748. The first-order valence-electron chi connectivity index (χ1n) is 3.89. The quantitative estimate of drug-likeness (QED) is 0.720. The van der Waals surface area contributed by atoms with Crippen molar-refractivity contribution in [3.05, 3.63) is 28.9 Å². The maximum atomic E-state index is 5.90. The summed E-state index contributed by atoms with van der Waals surface area (Å²) in [6, 6.07) is 5.74. The van der Waals surface area contributed by atoms with Crippen molar-refractivity contribution in [3.63, 3.8) is 0 Å². The molecule has 68 valence electrons. The molecule has 0 radical (unpaired) electrons. The van der Waals surface area contributed by atoms with Gasteiger partial charge in [0.1, 0.15) is 0 Å². The van der Waals surface area contributed by atoms with Crippen molar-refractivity contribution in [2.24, 2.45) is 7.05 Å². The maximum Gasteiger partial charge on any atom is 0.0927 e. The lowest BCUT2D eigenvalue weighted by atomic mass is 10.2. The molecule has 4 heteroatoms. The van der Waals surface area contributed by atoms with Gasteiger partial charge >= 0.3 is 0 Å². The molecular weight excluding hydrogens is 251 g/mol. The lowest BCUT2D eigenvalue weighted by Crippen LogP contribution is -1.94. The number of alkyl halides is 1. The average molecular weight is 260 g/mol. The molecule has 0 amide bonds. The molecule has 0 atom stereocenters. The van der Waals surface area contributed by atoms with Crippen LogP contribution in [0.5, 0.6) is 0 Å². The Bertz CT molecular complexity index is 450. The van der Waals surface area contributed by atoms with Crippen LogP contribution in [0.2, 0.25) is 5.02 Å². The Morgan fingerprint density at radius 3 is 3.00 bits per heavy atom. The second-order valence-corrected chi connectivity index (χ2v) is 3.86. The van der Waals surface area contributed by atoms with E-state index >= 15 is 0 Å². The van der Waals surface area contributed by atoms with Gasteiger partial charge in [-0.1, -0.05) is 27.5 Å². The van der Waals surface area contributed by atoms with Gasteiger partial charge in [0.2, 0.25) is 0 Å². The summed E-state index contributed by atoms with van der Waals surface area (Å²) in [5.41, 5.74) is 2.14. The first-order chi connectivity index (χ1) is 6.22. The summed E-state index contributed by atoms with van der Waals surface area (Å²) in [4.78, 5) is 0. The molecule has 0 fully saturated rings. The molecule has 0 saturated carbocycles. The summed E-state index contributed by atoms with van der Waals surface area (Å²) >= 11 is 9.33. The highest BCUT2D eigenvalue weighted by Crippen LogP contribution is 2.23. The van der Waals surface area contributed by atoms with Crippen LogP contribution in [-0.4, -0.2) is 9.78 Å². The molecule has 2 rings (SSSR count). The standard InChI is InChI=1S/C9H8BrClN2/c1-13-9(5-10)7-4-6(11)2-3-8(7)12-13/h2-4H,5H2,1H3. The molecule has 1 aromatic carbocycles. The highest BCUT2D eigenvalue weighted by molar-refractivity contribution is 9.08. The largest absolute Gasteiger partial charge is 0.271 e.